The molecule has 2 unspecified atom stereocenters. The highest BCUT2D eigenvalue weighted by Crippen LogP contribution is 2.38. The number of nitrogens with one attached hydrogen (secondary N) is 1. The monoisotopic (exact) mass is 428 g/mol. The third-order valence-electron chi connectivity index (χ3n) is 4.68. The molecule has 3 nitrogen and oxygen atoms in total. The number of alkyl halides is 3. The molecule has 7 heteroatoms. The number of benzene rings is 3. The van der Waals surface area contributed by atoms with E-state index in [-0.39, 0.29) is 17.8 Å². The van der Waals surface area contributed by atoms with Gasteiger partial charge in [-0.05, 0) is 28.8 Å². The summed E-state index contributed by atoms with van der Waals surface area (Å²) in [4.78, 5) is 4.89. The van der Waals surface area contributed by atoms with E-state index in [0.717, 1.165) is 21.9 Å². The first-order chi connectivity index (χ1) is 14.5. The van der Waals surface area contributed by atoms with E-state index in [1.807, 2.05) is 36.4 Å². The summed E-state index contributed by atoms with van der Waals surface area (Å²) < 4.78 is 40.8. The van der Waals surface area contributed by atoms with Crippen molar-refractivity contribution >= 4 is 16.9 Å². The van der Waals surface area contributed by atoms with Crippen molar-refractivity contribution in [3.05, 3.63) is 102 Å². The topological polar surface area (TPSA) is 33.6 Å². The Balaban J connectivity index is 1.46. The van der Waals surface area contributed by atoms with Crippen LogP contribution in [0.2, 0.25) is 0 Å². The van der Waals surface area contributed by atoms with Gasteiger partial charge in [0, 0.05) is 5.75 Å². The van der Waals surface area contributed by atoms with Crippen LogP contribution in [0.4, 0.5) is 13.2 Å². The first-order valence-electron chi connectivity index (χ1n) is 9.40. The second-order valence-corrected chi connectivity index (χ2v) is 7.77. The van der Waals surface area contributed by atoms with Crippen LogP contribution in [0.3, 0.4) is 0 Å². The van der Waals surface area contributed by atoms with Crippen LogP contribution in [0.5, 0.6) is 5.75 Å². The lowest BCUT2D eigenvalue weighted by Crippen LogP contribution is -2.22. The zero-order chi connectivity index (χ0) is 21.0. The van der Waals surface area contributed by atoms with Gasteiger partial charge in [0.2, 0.25) is 0 Å². The standard InChI is InChI=1S/C23H19F3N2OS/c24-23(25,26)29-19-13-11-16(12-14-19)15-30-22-27-20(17-7-3-1-4-8-17)21(28-22)18-9-5-2-6-10-18/h1-14,20-21H,15H2,(H,27,28). The molecule has 0 saturated carbocycles. The second kappa shape index (κ2) is 8.83. The zero-order valence-electron chi connectivity index (χ0n) is 15.8. The van der Waals surface area contributed by atoms with Gasteiger partial charge in [-0.1, -0.05) is 84.6 Å². The Morgan fingerprint density at radius 2 is 1.43 bits per heavy atom. The predicted octanol–water partition coefficient (Wildman–Crippen LogP) is 6.26. The molecule has 0 saturated heterocycles. The summed E-state index contributed by atoms with van der Waals surface area (Å²) >= 11 is 1.53. The van der Waals surface area contributed by atoms with E-state index in [4.69, 9.17) is 4.99 Å². The number of nitrogens with zero attached hydrogens (tertiary/aromatic N) is 1. The van der Waals surface area contributed by atoms with Crippen molar-refractivity contribution in [1.82, 2.24) is 5.32 Å². The maximum Gasteiger partial charge on any atom is 0.573 e. The van der Waals surface area contributed by atoms with Gasteiger partial charge in [-0.2, -0.15) is 0 Å². The van der Waals surface area contributed by atoms with Gasteiger partial charge in [0.15, 0.2) is 5.17 Å². The van der Waals surface area contributed by atoms with Gasteiger partial charge in [0.1, 0.15) is 11.8 Å². The summed E-state index contributed by atoms with van der Waals surface area (Å²) in [5.41, 5.74) is 3.17. The van der Waals surface area contributed by atoms with Crippen molar-refractivity contribution in [2.45, 2.75) is 24.2 Å². The van der Waals surface area contributed by atoms with Crippen LogP contribution in [0, 0.1) is 0 Å². The third kappa shape index (κ3) is 5.16. The van der Waals surface area contributed by atoms with Crippen LogP contribution >= 0.6 is 11.8 Å². The molecule has 0 amide bonds. The molecular weight excluding hydrogens is 409 g/mol. The van der Waals surface area contributed by atoms with Crippen molar-refractivity contribution in [3.63, 3.8) is 0 Å². The summed E-state index contributed by atoms with van der Waals surface area (Å²) in [5, 5.41) is 4.32. The largest absolute Gasteiger partial charge is 0.573 e. The highest BCUT2D eigenvalue weighted by Gasteiger charge is 2.32. The summed E-state index contributed by atoms with van der Waals surface area (Å²) in [6.45, 7) is 0. The summed E-state index contributed by atoms with van der Waals surface area (Å²) in [7, 11) is 0. The van der Waals surface area contributed by atoms with Gasteiger partial charge in [-0.25, -0.2) is 0 Å². The second-order valence-electron chi connectivity index (χ2n) is 6.80. The lowest BCUT2D eigenvalue weighted by Gasteiger charge is -2.19. The molecule has 30 heavy (non-hydrogen) atoms. The Kier molecular flexibility index (Phi) is 5.99. The SMILES string of the molecule is FC(F)(F)Oc1ccc(CSC2=NC(c3ccccc3)C(c3ccccc3)N2)cc1. The van der Waals surface area contributed by atoms with Gasteiger partial charge in [0.25, 0.3) is 0 Å². The highest BCUT2D eigenvalue weighted by atomic mass is 32.2. The normalized spacial score (nSPS) is 18.6. The van der Waals surface area contributed by atoms with E-state index in [1.165, 1.54) is 23.9 Å². The van der Waals surface area contributed by atoms with Gasteiger partial charge < -0.3 is 10.1 Å². The van der Waals surface area contributed by atoms with Crippen LogP contribution < -0.4 is 10.1 Å². The minimum Gasteiger partial charge on any atom is -0.406 e. The maximum absolute atomic E-state index is 12.3. The Labute approximate surface area is 177 Å². The minimum atomic E-state index is -4.68. The highest BCUT2D eigenvalue weighted by molar-refractivity contribution is 8.13. The number of aliphatic imine (C=N–C) groups is 1. The molecule has 0 spiro atoms. The molecule has 0 aliphatic carbocycles. The summed E-state index contributed by atoms with van der Waals surface area (Å²) in [6, 6.07) is 26.2. The number of ether oxygens (including phenoxy) is 1. The number of hydrogen-bond donors (Lipinski definition) is 1. The molecule has 1 heterocycles. The minimum absolute atomic E-state index is 0.0265. The van der Waals surface area contributed by atoms with E-state index in [9.17, 15) is 13.2 Å². The molecule has 1 N–H and O–H groups in total. The molecular formula is C23H19F3N2OS. The molecule has 2 atom stereocenters. The van der Waals surface area contributed by atoms with Gasteiger partial charge in [-0.3, -0.25) is 4.99 Å². The van der Waals surface area contributed by atoms with E-state index in [0.29, 0.717) is 5.75 Å². The fraction of sp³-hybridized carbons (Fsp3) is 0.174. The molecule has 3 aromatic rings. The van der Waals surface area contributed by atoms with Crippen molar-refractivity contribution < 1.29 is 17.9 Å². The number of halogens is 3. The number of thioether (sulfide) groups is 1. The van der Waals surface area contributed by atoms with Gasteiger partial charge in [0.05, 0.1) is 6.04 Å². The first-order valence-corrected chi connectivity index (χ1v) is 10.4. The fourth-order valence-electron chi connectivity index (χ4n) is 3.31. The van der Waals surface area contributed by atoms with E-state index in [2.05, 4.69) is 34.3 Å². The van der Waals surface area contributed by atoms with Crippen LogP contribution in [0.1, 0.15) is 28.8 Å². The van der Waals surface area contributed by atoms with Crippen LogP contribution in [0.15, 0.2) is 89.9 Å². The smallest absolute Gasteiger partial charge is 0.406 e. The average Bonchev–Trinajstić information content (AvgIpc) is 3.18. The Bertz CT molecular complexity index is 992. The molecule has 4 rings (SSSR count). The van der Waals surface area contributed by atoms with E-state index >= 15 is 0 Å². The van der Waals surface area contributed by atoms with Crippen molar-refractivity contribution in [2.24, 2.45) is 4.99 Å². The lowest BCUT2D eigenvalue weighted by molar-refractivity contribution is -0.274. The Morgan fingerprint density at radius 3 is 2.03 bits per heavy atom. The molecule has 3 aromatic carbocycles. The molecule has 0 bridgehead atoms. The third-order valence-corrected chi connectivity index (χ3v) is 5.66. The zero-order valence-corrected chi connectivity index (χ0v) is 16.7. The van der Waals surface area contributed by atoms with Crippen molar-refractivity contribution in [2.75, 3.05) is 0 Å². The predicted molar refractivity (Wildman–Crippen MR) is 113 cm³/mol. The van der Waals surface area contributed by atoms with E-state index < -0.39 is 6.36 Å². The van der Waals surface area contributed by atoms with Crippen LogP contribution in [-0.4, -0.2) is 11.5 Å². The lowest BCUT2D eigenvalue weighted by atomic mass is 9.95. The summed E-state index contributed by atoms with van der Waals surface area (Å²) in [5.74, 6) is 0.363. The number of rotatable bonds is 5. The molecule has 0 aromatic heterocycles. The van der Waals surface area contributed by atoms with Gasteiger partial charge in [-0.15, -0.1) is 13.2 Å². The quantitative estimate of drug-likeness (QED) is 0.521. The molecule has 1 aliphatic heterocycles. The van der Waals surface area contributed by atoms with Crippen LogP contribution in [0.25, 0.3) is 0 Å². The van der Waals surface area contributed by atoms with Crippen LogP contribution in [-0.2, 0) is 5.75 Å². The average molecular weight is 428 g/mol. The Hall–Kier alpha value is -2.93. The molecule has 1 aliphatic rings. The molecule has 0 fully saturated rings. The number of amidine groups is 1. The number of hydrogen-bond acceptors (Lipinski definition) is 4. The first kappa shape index (κ1) is 20.3. The fourth-order valence-corrected chi connectivity index (χ4v) is 4.21. The maximum atomic E-state index is 12.3. The van der Waals surface area contributed by atoms with E-state index in [1.54, 1.807) is 12.1 Å². The van der Waals surface area contributed by atoms with Crippen molar-refractivity contribution in [1.29, 1.82) is 0 Å². The van der Waals surface area contributed by atoms with Gasteiger partial charge >= 0.3 is 6.36 Å². The Morgan fingerprint density at radius 1 is 0.833 bits per heavy atom. The summed E-state index contributed by atoms with van der Waals surface area (Å²) in [6.07, 6.45) is -4.68. The molecule has 154 valence electrons. The molecule has 0 radical (unpaired) electrons. The van der Waals surface area contributed by atoms with Crippen molar-refractivity contribution in [3.8, 4) is 5.75 Å².